The van der Waals surface area contributed by atoms with Gasteiger partial charge in [0.15, 0.2) is 0 Å². The summed E-state index contributed by atoms with van der Waals surface area (Å²) in [4.78, 5) is 47.7. The molecular weight excluding hydrogens is 382 g/mol. The van der Waals surface area contributed by atoms with Gasteiger partial charge in [0.05, 0.1) is 30.2 Å². The molecule has 0 spiro atoms. The van der Waals surface area contributed by atoms with Crippen molar-refractivity contribution in [2.75, 3.05) is 13.1 Å². The van der Waals surface area contributed by atoms with Crippen LogP contribution in [0.2, 0.25) is 0 Å². The van der Waals surface area contributed by atoms with E-state index in [-0.39, 0.29) is 37.0 Å². The molecule has 30 heavy (non-hydrogen) atoms. The van der Waals surface area contributed by atoms with E-state index in [2.05, 4.69) is 15.3 Å². The molecule has 0 aliphatic carbocycles. The fraction of sp³-hybridized carbons (Fsp3) is 0.273. The number of urea groups is 1. The number of imidazole rings is 1. The quantitative estimate of drug-likeness (QED) is 0.654. The molecule has 8 heteroatoms. The summed E-state index contributed by atoms with van der Waals surface area (Å²) in [7, 11) is 0. The zero-order valence-electron chi connectivity index (χ0n) is 16.3. The molecular formula is C22H21N5O3. The molecule has 152 valence electrons. The van der Waals surface area contributed by atoms with E-state index in [4.69, 9.17) is 0 Å². The maximum atomic E-state index is 13.2. The number of hydrogen-bond acceptors (Lipinski definition) is 4. The minimum Gasteiger partial charge on any atom is -0.340 e. The Kier molecular flexibility index (Phi) is 4.46. The normalized spacial score (nSPS) is 19.0. The van der Waals surface area contributed by atoms with Gasteiger partial charge in [-0.2, -0.15) is 0 Å². The van der Waals surface area contributed by atoms with Gasteiger partial charge in [0.1, 0.15) is 5.82 Å². The van der Waals surface area contributed by atoms with Crippen molar-refractivity contribution in [1.29, 1.82) is 0 Å². The molecule has 5 rings (SSSR count). The molecule has 1 aromatic heterocycles. The minimum atomic E-state index is -0.383. The molecule has 0 bridgehead atoms. The molecule has 3 heterocycles. The summed E-state index contributed by atoms with van der Waals surface area (Å²) >= 11 is 0. The Morgan fingerprint density at radius 3 is 2.63 bits per heavy atom. The highest BCUT2D eigenvalue weighted by atomic mass is 16.2. The van der Waals surface area contributed by atoms with Crippen molar-refractivity contribution in [3.8, 4) is 0 Å². The summed E-state index contributed by atoms with van der Waals surface area (Å²) in [5.41, 5.74) is 3.25. The van der Waals surface area contributed by atoms with Crippen LogP contribution in [0, 0.1) is 0 Å². The first-order valence-electron chi connectivity index (χ1n) is 10.0. The second kappa shape index (κ2) is 7.29. The van der Waals surface area contributed by atoms with E-state index in [9.17, 15) is 14.4 Å². The minimum absolute atomic E-state index is 0.0353. The third-order valence-electron chi connectivity index (χ3n) is 5.72. The zero-order chi connectivity index (χ0) is 20.7. The molecule has 4 amide bonds. The van der Waals surface area contributed by atoms with E-state index in [0.29, 0.717) is 12.1 Å². The predicted octanol–water partition coefficient (Wildman–Crippen LogP) is 2.59. The van der Waals surface area contributed by atoms with E-state index in [1.165, 1.54) is 4.90 Å². The maximum absolute atomic E-state index is 13.2. The van der Waals surface area contributed by atoms with Crippen molar-refractivity contribution in [3.63, 3.8) is 0 Å². The largest absolute Gasteiger partial charge is 0.340 e. The molecule has 8 nitrogen and oxygen atoms in total. The number of carbonyl (C=O) groups excluding carboxylic acids is 3. The van der Waals surface area contributed by atoms with Crippen LogP contribution in [0.5, 0.6) is 0 Å². The fourth-order valence-corrected chi connectivity index (χ4v) is 4.14. The van der Waals surface area contributed by atoms with Crippen LogP contribution >= 0.6 is 0 Å². The Hall–Kier alpha value is -3.68. The number of fused-ring (bicyclic) bond motifs is 1. The standard InChI is InChI=1S/C22H21N5O3/c28-19-12-23-22(30)27(19)13-14-7-9-15(10-8-14)21(29)26-11-3-6-18(26)20-24-16-4-1-2-5-17(16)25-20/h1-2,4-5,7-10,18H,3,6,11-13H2,(H,23,30)(H,24,25). The second-order valence-corrected chi connectivity index (χ2v) is 7.63. The molecule has 2 saturated heterocycles. The van der Waals surface area contributed by atoms with E-state index in [1.807, 2.05) is 29.2 Å². The van der Waals surface area contributed by atoms with Gasteiger partial charge in [0.2, 0.25) is 5.91 Å². The van der Waals surface area contributed by atoms with Crippen LogP contribution in [-0.4, -0.2) is 50.7 Å². The van der Waals surface area contributed by atoms with Crippen molar-refractivity contribution in [1.82, 2.24) is 25.1 Å². The average molecular weight is 403 g/mol. The Bertz CT molecular complexity index is 1090. The predicted molar refractivity (Wildman–Crippen MR) is 109 cm³/mol. The molecule has 0 radical (unpaired) electrons. The van der Waals surface area contributed by atoms with Crippen LogP contribution in [0.1, 0.15) is 40.6 Å². The number of H-pyrrole nitrogens is 1. The summed E-state index contributed by atoms with van der Waals surface area (Å²) in [5.74, 6) is 0.530. The number of nitrogens with zero attached hydrogens (tertiary/aromatic N) is 3. The second-order valence-electron chi connectivity index (χ2n) is 7.63. The van der Waals surface area contributed by atoms with Crippen molar-refractivity contribution < 1.29 is 14.4 Å². The molecule has 1 atom stereocenters. The average Bonchev–Trinajstić information content (AvgIpc) is 3.48. The lowest BCUT2D eigenvalue weighted by atomic mass is 10.1. The first-order chi connectivity index (χ1) is 14.6. The van der Waals surface area contributed by atoms with E-state index < -0.39 is 0 Å². The number of nitrogens with one attached hydrogen (secondary N) is 2. The van der Waals surface area contributed by atoms with Crippen LogP contribution in [0.3, 0.4) is 0 Å². The fourth-order valence-electron chi connectivity index (χ4n) is 4.14. The van der Waals surface area contributed by atoms with Crippen molar-refractivity contribution in [2.45, 2.75) is 25.4 Å². The van der Waals surface area contributed by atoms with Crippen LogP contribution < -0.4 is 5.32 Å². The summed E-state index contributed by atoms with van der Waals surface area (Å²) < 4.78 is 0. The lowest BCUT2D eigenvalue weighted by molar-refractivity contribution is -0.125. The van der Waals surface area contributed by atoms with Gasteiger partial charge < -0.3 is 15.2 Å². The molecule has 2 fully saturated rings. The highest BCUT2D eigenvalue weighted by Crippen LogP contribution is 2.32. The number of aromatic amines is 1. The maximum Gasteiger partial charge on any atom is 0.324 e. The van der Waals surface area contributed by atoms with Gasteiger partial charge in [0, 0.05) is 12.1 Å². The Labute approximate surface area is 172 Å². The Balaban J connectivity index is 1.33. The van der Waals surface area contributed by atoms with Crippen molar-refractivity contribution >= 4 is 28.9 Å². The monoisotopic (exact) mass is 403 g/mol. The first kappa shape index (κ1) is 18.4. The Morgan fingerprint density at radius 2 is 1.90 bits per heavy atom. The number of aromatic nitrogens is 2. The smallest absolute Gasteiger partial charge is 0.324 e. The van der Waals surface area contributed by atoms with Gasteiger partial charge >= 0.3 is 6.03 Å². The number of imide groups is 1. The van der Waals surface area contributed by atoms with E-state index in [1.54, 1.807) is 24.3 Å². The summed E-state index contributed by atoms with van der Waals surface area (Å²) in [6, 6.07) is 14.5. The van der Waals surface area contributed by atoms with Gasteiger partial charge in [-0.25, -0.2) is 9.78 Å². The number of likely N-dealkylation sites (tertiary alicyclic amines) is 1. The third-order valence-corrected chi connectivity index (χ3v) is 5.72. The topological polar surface area (TPSA) is 98.4 Å². The number of rotatable bonds is 4. The van der Waals surface area contributed by atoms with Gasteiger partial charge in [-0.15, -0.1) is 0 Å². The van der Waals surface area contributed by atoms with Gasteiger partial charge in [0.25, 0.3) is 5.91 Å². The van der Waals surface area contributed by atoms with Crippen molar-refractivity contribution in [2.24, 2.45) is 0 Å². The molecule has 1 unspecified atom stereocenters. The lowest BCUT2D eigenvalue weighted by Crippen LogP contribution is -2.31. The molecule has 2 aromatic carbocycles. The van der Waals surface area contributed by atoms with Crippen LogP contribution in [0.25, 0.3) is 11.0 Å². The third kappa shape index (κ3) is 3.20. The molecule has 3 aromatic rings. The van der Waals surface area contributed by atoms with Crippen LogP contribution in [0.4, 0.5) is 4.79 Å². The van der Waals surface area contributed by atoms with E-state index >= 15 is 0 Å². The number of para-hydroxylation sites is 2. The number of hydrogen-bond donors (Lipinski definition) is 2. The zero-order valence-corrected chi connectivity index (χ0v) is 16.3. The van der Waals surface area contributed by atoms with Gasteiger partial charge in [-0.05, 0) is 42.7 Å². The van der Waals surface area contributed by atoms with Crippen molar-refractivity contribution in [3.05, 3.63) is 65.5 Å². The van der Waals surface area contributed by atoms with Gasteiger partial charge in [-0.1, -0.05) is 24.3 Å². The SMILES string of the molecule is O=C1CNC(=O)N1Cc1ccc(C(=O)N2CCCC2c2nc3ccccc3[nH]2)cc1. The molecule has 2 aliphatic rings. The highest BCUT2D eigenvalue weighted by Gasteiger charge is 2.33. The first-order valence-corrected chi connectivity index (χ1v) is 10.0. The summed E-state index contributed by atoms with van der Waals surface area (Å²) in [6.07, 6.45) is 1.80. The van der Waals surface area contributed by atoms with Crippen LogP contribution in [0.15, 0.2) is 48.5 Å². The number of benzene rings is 2. The Morgan fingerprint density at radius 1 is 1.10 bits per heavy atom. The number of carbonyl (C=O) groups is 3. The molecule has 2 N–H and O–H groups in total. The van der Waals surface area contributed by atoms with Gasteiger partial charge in [-0.3, -0.25) is 14.5 Å². The van der Waals surface area contributed by atoms with Crippen LogP contribution in [-0.2, 0) is 11.3 Å². The molecule has 0 saturated carbocycles. The summed E-state index contributed by atoms with van der Waals surface area (Å²) in [5, 5.41) is 2.50. The summed E-state index contributed by atoms with van der Waals surface area (Å²) in [6.45, 7) is 0.919. The lowest BCUT2D eigenvalue weighted by Gasteiger charge is -2.23. The van der Waals surface area contributed by atoms with E-state index in [0.717, 1.165) is 35.3 Å². The highest BCUT2D eigenvalue weighted by molar-refractivity contribution is 6.01. The molecule has 2 aliphatic heterocycles. The number of amides is 4.